The van der Waals surface area contributed by atoms with E-state index in [2.05, 4.69) is 10.6 Å². The van der Waals surface area contributed by atoms with Crippen molar-refractivity contribution in [2.75, 3.05) is 18.5 Å². The first-order valence-electron chi connectivity index (χ1n) is 8.64. The molecular weight excluding hydrogens is 416 g/mol. The molecule has 0 saturated carbocycles. The number of halogens is 1. The van der Waals surface area contributed by atoms with Crippen LogP contribution in [0.5, 0.6) is 0 Å². The first-order valence-corrected chi connectivity index (χ1v) is 9.83. The molecule has 2 N–H and O–H groups in total. The molecule has 29 heavy (non-hydrogen) atoms. The van der Waals surface area contributed by atoms with Gasteiger partial charge in [-0.3, -0.25) is 9.59 Å². The molecule has 0 saturated heterocycles. The molecule has 0 unspecified atom stereocenters. The maximum atomic E-state index is 12.1. The van der Waals surface area contributed by atoms with Gasteiger partial charge in [0.2, 0.25) is 0 Å². The number of hydrogen-bond donors (Lipinski definition) is 2. The van der Waals surface area contributed by atoms with Crippen LogP contribution in [-0.4, -0.2) is 30.9 Å². The van der Waals surface area contributed by atoms with Crippen molar-refractivity contribution in [1.82, 2.24) is 5.32 Å². The monoisotopic (exact) mass is 432 g/mol. The molecule has 0 aliphatic carbocycles. The number of furan rings is 1. The van der Waals surface area contributed by atoms with Crippen molar-refractivity contribution in [3.8, 4) is 0 Å². The summed E-state index contributed by atoms with van der Waals surface area (Å²) in [6.07, 6.45) is 2.03. The fraction of sp³-hybridized carbons (Fsp3) is 0.150. The second-order valence-electron chi connectivity index (χ2n) is 5.90. The molecule has 1 aromatic carbocycles. The Morgan fingerprint density at radius 1 is 1.07 bits per heavy atom. The normalized spacial score (nSPS) is 10.4. The SMILES string of the molecule is O=C(COC(=O)c1ccc(NC(=O)c2ccco2)s1)NCCc1ccc(Cl)cc1. The number of anilines is 1. The van der Waals surface area contributed by atoms with Gasteiger partial charge in [-0.05, 0) is 48.4 Å². The number of carbonyl (C=O) groups excluding carboxylic acids is 3. The number of thiophene rings is 1. The third-order valence-electron chi connectivity index (χ3n) is 3.77. The fourth-order valence-corrected chi connectivity index (χ4v) is 3.27. The highest BCUT2D eigenvalue weighted by atomic mass is 35.5. The van der Waals surface area contributed by atoms with Crippen molar-refractivity contribution >= 4 is 45.7 Å². The van der Waals surface area contributed by atoms with Crippen molar-refractivity contribution in [3.63, 3.8) is 0 Å². The average molecular weight is 433 g/mol. The van der Waals surface area contributed by atoms with Gasteiger partial charge in [-0.25, -0.2) is 4.79 Å². The molecule has 0 aliphatic rings. The molecule has 2 amide bonds. The van der Waals surface area contributed by atoms with Crippen LogP contribution in [0.15, 0.2) is 59.2 Å². The lowest BCUT2D eigenvalue weighted by Crippen LogP contribution is -2.30. The van der Waals surface area contributed by atoms with E-state index in [-0.39, 0.29) is 17.2 Å². The van der Waals surface area contributed by atoms with Crippen LogP contribution in [0.25, 0.3) is 0 Å². The summed E-state index contributed by atoms with van der Waals surface area (Å²) in [6.45, 7) is 0.0332. The number of rotatable bonds is 8. The Balaban J connectivity index is 1.39. The smallest absolute Gasteiger partial charge is 0.348 e. The molecule has 2 aromatic heterocycles. The molecule has 2 heterocycles. The average Bonchev–Trinajstić information content (AvgIpc) is 3.40. The molecule has 3 aromatic rings. The van der Waals surface area contributed by atoms with Gasteiger partial charge in [0.25, 0.3) is 11.8 Å². The third kappa shape index (κ3) is 6.20. The van der Waals surface area contributed by atoms with E-state index in [0.29, 0.717) is 23.0 Å². The second kappa shape index (κ2) is 9.90. The van der Waals surface area contributed by atoms with Crippen LogP contribution in [0, 0.1) is 0 Å². The Morgan fingerprint density at radius 2 is 1.86 bits per heavy atom. The van der Waals surface area contributed by atoms with Crippen molar-refractivity contribution in [3.05, 3.63) is 76.0 Å². The molecule has 7 nitrogen and oxygen atoms in total. The summed E-state index contributed by atoms with van der Waals surface area (Å²) in [5.74, 6) is -1.29. The van der Waals surface area contributed by atoms with E-state index in [1.807, 2.05) is 12.1 Å². The Kier molecular flexibility index (Phi) is 7.04. The van der Waals surface area contributed by atoms with E-state index in [1.54, 1.807) is 24.3 Å². The predicted molar refractivity (Wildman–Crippen MR) is 109 cm³/mol. The zero-order valence-electron chi connectivity index (χ0n) is 15.1. The van der Waals surface area contributed by atoms with E-state index in [1.165, 1.54) is 18.4 Å². The molecule has 150 valence electrons. The Bertz CT molecular complexity index is 983. The minimum atomic E-state index is -0.638. The summed E-state index contributed by atoms with van der Waals surface area (Å²) in [7, 11) is 0. The first-order chi connectivity index (χ1) is 14.0. The summed E-state index contributed by atoms with van der Waals surface area (Å²) >= 11 is 6.87. The molecule has 9 heteroatoms. The molecule has 0 spiro atoms. The number of ether oxygens (including phenoxy) is 1. The number of benzene rings is 1. The zero-order chi connectivity index (χ0) is 20.6. The topological polar surface area (TPSA) is 97.6 Å². The highest BCUT2D eigenvalue weighted by molar-refractivity contribution is 7.18. The molecule has 0 atom stereocenters. The Hall–Kier alpha value is -3.10. The van der Waals surface area contributed by atoms with Gasteiger partial charge in [0, 0.05) is 11.6 Å². The van der Waals surface area contributed by atoms with E-state index >= 15 is 0 Å². The van der Waals surface area contributed by atoms with Gasteiger partial charge >= 0.3 is 5.97 Å². The summed E-state index contributed by atoms with van der Waals surface area (Å²) in [6, 6.07) is 13.6. The molecule has 0 fully saturated rings. The predicted octanol–water partition coefficient (Wildman–Crippen LogP) is 3.76. The number of carbonyl (C=O) groups is 3. The number of hydrogen-bond acceptors (Lipinski definition) is 6. The van der Waals surface area contributed by atoms with Crippen LogP contribution in [-0.2, 0) is 16.0 Å². The summed E-state index contributed by atoms with van der Waals surface area (Å²) in [5, 5.41) is 6.43. The lowest BCUT2D eigenvalue weighted by atomic mass is 10.1. The standard InChI is InChI=1S/C20H17ClN2O5S/c21-14-5-3-13(4-6-14)9-10-22-17(24)12-28-20(26)16-7-8-18(29-16)23-19(25)15-2-1-11-27-15/h1-8,11H,9-10,12H2,(H,22,24)(H,23,25). The zero-order valence-corrected chi connectivity index (χ0v) is 16.7. The molecule has 3 rings (SSSR count). The maximum absolute atomic E-state index is 12.1. The number of nitrogens with one attached hydrogen (secondary N) is 2. The van der Waals surface area contributed by atoms with E-state index < -0.39 is 17.8 Å². The van der Waals surface area contributed by atoms with Gasteiger partial charge < -0.3 is 19.8 Å². The fourth-order valence-electron chi connectivity index (χ4n) is 2.35. The summed E-state index contributed by atoms with van der Waals surface area (Å²) < 4.78 is 10.0. The van der Waals surface area contributed by atoms with Gasteiger partial charge in [-0.1, -0.05) is 23.7 Å². The highest BCUT2D eigenvalue weighted by Gasteiger charge is 2.15. The molecular formula is C20H17ClN2O5S. The summed E-state index contributed by atoms with van der Waals surface area (Å²) in [4.78, 5) is 36.1. The Labute approximate surface area is 175 Å². The van der Waals surface area contributed by atoms with Crippen LogP contribution in [0.4, 0.5) is 5.00 Å². The molecule has 0 aliphatic heterocycles. The van der Waals surface area contributed by atoms with Gasteiger partial charge in [-0.2, -0.15) is 0 Å². The van der Waals surface area contributed by atoms with Gasteiger partial charge in [-0.15, -0.1) is 11.3 Å². The van der Waals surface area contributed by atoms with E-state index in [4.69, 9.17) is 20.8 Å². The van der Waals surface area contributed by atoms with Gasteiger partial charge in [0.1, 0.15) is 4.88 Å². The minimum absolute atomic E-state index is 0.165. The molecule has 0 bridgehead atoms. The van der Waals surface area contributed by atoms with Gasteiger partial charge in [0.15, 0.2) is 12.4 Å². The van der Waals surface area contributed by atoms with Crippen LogP contribution in [0.3, 0.4) is 0 Å². The van der Waals surface area contributed by atoms with Crippen molar-refractivity contribution in [2.45, 2.75) is 6.42 Å². The lowest BCUT2D eigenvalue weighted by Gasteiger charge is -2.06. The van der Waals surface area contributed by atoms with Crippen molar-refractivity contribution < 1.29 is 23.5 Å². The van der Waals surface area contributed by atoms with Crippen molar-refractivity contribution in [1.29, 1.82) is 0 Å². The van der Waals surface area contributed by atoms with Crippen LogP contribution >= 0.6 is 22.9 Å². The van der Waals surface area contributed by atoms with Gasteiger partial charge in [0.05, 0.1) is 11.3 Å². The quantitative estimate of drug-likeness (QED) is 0.528. The van der Waals surface area contributed by atoms with Crippen LogP contribution in [0.2, 0.25) is 5.02 Å². The minimum Gasteiger partial charge on any atom is -0.459 e. The lowest BCUT2D eigenvalue weighted by molar-refractivity contribution is -0.124. The van der Waals surface area contributed by atoms with E-state index in [9.17, 15) is 14.4 Å². The molecule has 0 radical (unpaired) electrons. The van der Waals surface area contributed by atoms with Crippen LogP contribution < -0.4 is 10.6 Å². The maximum Gasteiger partial charge on any atom is 0.348 e. The van der Waals surface area contributed by atoms with Crippen LogP contribution in [0.1, 0.15) is 25.8 Å². The summed E-state index contributed by atoms with van der Waals surface area (Å²) in [5.41, 5.74) is 1.04. The second-order valence-corrected chi connectivity index (χ2v) is 7.42. The van der Waals surface area contributed by atoms with Crippen molar-refractivity contribution in [2.24, 2.45) is 0 Å². The van der Waals surface area contributed by atoms with E-state index in [0.717, 1.165) is 16.9 Å². The first kappa shape index (κ1) is 20.6. The Morgan fingerprint density at radius 3 is 2.59 bits per heavy atom. The number of amides is 2. The third-order valence-corrected chi connectivity index (χ3v) is 5.01. The highest BCUT2D eigenvalue weighted by Crippen LogP contribution is 2.23. The number of esters is 1. The largest absolute Gasteiger partial charge is 0.459 e.